The van der Waals surface area contributed by atoms with Crippen LogP contribution in [0.2, 0.25) is 0 Å². The Kier molecular flexibility index (Phi) is 4.99. The lowest BCUT2D eigenvalue weighted by atomic mass is 9.79. The summed E-state index contributed by atoms with van der Waals surface area (Å²) < 4.78 is 11.6. The van der Waals surface area contributed by atoms with Crippen molar-refractivity contribution in [2.24, 2.45) is 5.41 Å². The molecule has 10 nitrogen and oxygen atoms in total. The van der Waals surface area contributed by atoms with Crippen LogP contribution in [0.4, 0.5) is 0 Å². The number of nitrogens with one attached hydrogen (secondary N) is 1. The first-order chi connectivity index (χ1) is 15.4. The van der Waals surface area contributed by atoms with Crippen molar-refractivity contribution >= 4 is 11.8 Å². The molecule has 2 N–H and O–H groups in total. The minimum absolute atomic E-state index is 0.0199. The number of ether oxygens (including phenoxy) is 2. The normalized spacial score (nSPS) is 20.8. The van der Waals surface area contributed by atoms with Crippen LogP contribution in [-0.2, 0) is 16.0 Å². The molecular formula is C22H24N4O6. The molecule has 10 heteroatoms. The van der Waals surface area contributed by atoms with Gasteiger partial charge in [-0.1, -0.05) is 12.1 Å². The zero-order valence-corrected chi connectivity index (χ0v) is 17.5. The largest absolute Gasteiger partial charge is 0.493 e. The van der Waals surface area contributed by atoms with Gasteiger partial charge in [0.15, 0.2) is 11.5 Å². The quantitative estimate of drug-likeness (QED) is 0.701. The second-order valence-electron chi connectivity index (χ2n) is 8.73. The molecule has 168 valence electrons. The summed E-state index contributed by atoms with van der Waals surface area (Å²) in [6.45, 7) is 2.65. The number of likely N-dealkylation sites (tertiary alicyclic amines) is 2. The van der Waals surface area contributed by atoms with E-state index in [1.807, 2.05) is 29.2 Å². The van der Waals surface area contributed by atoms with E-state index in [-0.39, 0.29) is 41.7 Å². The number of carbonyl (C=O) groups is 2. The van der Waals surface area contributed by atoms with Gasteiger partial charge in [-0.15, -0.1) is 0 Å². The van der Waals surface area contributed by atoms with Crippen LogP contribution in [0.15, 0.2) is 35.4 Å². The van der Waals surface area contributed by atoms with Gasteiger partial charge in [0, 0.05) is 31.6 Å². The molecule has 1 aromatic carbocycles. The number of fused-ring (bicyclic) bond motifs is 1. The number of rotatable bonds is 4. The number of aromatic hydroxyl groups is 1. The third kappa shape index (κ3) is 3.76. The highest BCUT2D eigenvalue weighted by atomic mass is 16.6. The third-order valence-corrected chi connectivity index (χ3v) is 6.42. The van der Waals surface area contributed by atoms with Gasteiger partial charge in [0.25, 0.3) is 5.56 Å². The van der Waals surface area contributed by atoms with Gasteiger partial charge >= 0.3 is 0 Å². The van der Waals surface area contributed by atoms with E-state index < -0.39 is 11.4 Å². The smallest absolute Gasteiger partial charge is 0.258 e. The molecule has 2 aromatic rings. The number of H-pyrrole nitrogens is 1. The third-order valence-electron chi connectivity index (χ3n) is 6.42. The summed E-state index contributed by atoms with van der Waals surface area (Å²) in [5, 5.41) is 9.74. The highest BCUT2D eigenvalue weighted by molar-refractivity contribution is 5.80. The van der Waals surface area contributed by atoms with Crippen LogP contribution in [0.5, 0.6) is 17.4 Å². The predicted molar refractivity (Wildman–Crippen MR) is 111 cm³/mol. The van der Waals surface area contributed by atoms with Gasteiger partial charge in [-0.25, -0.2) is 4.98 Å². The monoisotopic (exact) mass is 440 g/mol. The number of amides is 2. The molecule has 1 atom stereocenters. The van der Waals surface area contributed by atoms with E-state index in [2.05, 4.69) is 9.97 Å². The number of carbonyl (C=O) groups excluding carboxylic acids is 2. The summed E-state index contributed by atoms with van der Waals surface area (Å²) in [6, 6.07) is 7.41. The van der Waals surface area contributed by atoms with E-state index >= 15 is 0 Å². The summed E-state index contributed by atoms with van der Waals surface area (Å²) in [5.41, 5.74) is -0.654. The maximum absolute atomic E-state index is 12.8. The van der Waals surface area contributed by atoms with Crippen molar-refractivity contribution in [2.75, 3.05) is 32.8 Å². The van der Waals surface area contributed by atoms with Crippen LogP contribution >= 0.6 is 0 Å². The Balaban J connectivity index is 1.13. The summed E-state index contributed by atoms with van der Waals surface area (Å²) in [7, 11) is 0. The Hall–Kier alpha value is -3.56. The fraction of sp³-hybridized carbons (Fsp3) is 0.455. The molecule has 2 saturated heterocycles. The molecule has 0 radical (unpaired) electrons. The number of aromatic amines is 1. The molecule has 1 unspecified atom stereocenters. The highest BCUT2D eigenvalue weighted by Crippen LogP contribution is 2.40. The fourth-order valence-electron chi connectivity index (χ4n) is 4.67. The van der Waals surface area contributed by atoms with Gasteiger partial charge in [0.05, 0.1) is 24.7 Å². The highest BCUT2D eigenvalue weighted by Gasteiger charge is 2.50. The van der Waals surface area contributed by atoms with Gasteiger partial charge in [0.1, 0.15) is 12.7 Å². The Morgan fingerprint density at radius 2 is 1.91 bits per heavy atom. The maximum Gasteiger partial charge on any atom is 0.258 e. The summed E-state index contributed by atoms with van der Waals surface area (Å²) in [5.74, 6) is 0.705. The van der Waals surface area contributed by atoms with Gasteiger partial charge in [0.2, 0.25) is 17.7 Å². The average Bonchev–Trinajstić information content (AvgIpc) is 3.21. The van der Waals surface area contributed by atoms with Gasteiger partial charge < -0.3 is 29.4 Å². The van der Waals surface area contributed by atoms with Gasteiger partial charge in [-0.05, 0) is 18.6 Å². The lowest BCUT2D eigenvalue weighted by molar-refractivity contribution is -0.142. The van der Waals surface area contributed by atoms with Crippen LogP contribution in [0, 0.1) is 5.41 Å². The van der Waals surface area contributed by atoms with E-state index in [0.29, 0.717) is 44.3 Å². The number of hydrogen-bond acceptors (Lipinski definition) is 7. The average molecular weight is 440 g/mol. The molecule has 3 aliphatic rings. The summed E-state index contributed by atoms with van der Waals surface area (Å²) >= 11 is 0. The minimum Gasteiger partial charge on any atom is -0.493 e. The van der Waals surface area contributed by atoms with Gasteiger partial charge in [-0.2, -0.15) is 0 Å². The first-order valence-electron chi connectivity index (χ1n) is 10.6. The fourth-order valence-corrected chi connectivity index (χ4v) is 4.67. The van der Waals surface area contributed by atoms with Crippen LogP contribution < -0.4 is 15.0 Å². The Labute approximate surface area is 183 Å². The molecule has 4 heterocycles. The summed E-state index contributed by atoms with van der Waals surface area (Å²) in [4.78, 5) is 46.7. The van der Waals surface area contributed by atoms with Crippen LogP contribution in [-0.4, -0.2) is 75.6 Å². The van der Waals surface area contributed by atoms with E-state index in [4.69, 9.17) is 9.47 Å². The maximum atomic E-state index is 12.8. The molecule has 1 spiro atoms. The van der Waals surface area contributed by atoms with Crippen molar-refractivity contribution in [1.29, 1.82) is 0 Å². The molecule has 1 aromatic heterocycles. The molecule has 2 fully saturated rings. The minimum atomic E-state index is -0.518. The van der Waals surface area contributed by atoms with Crippen molar-refractivity contribution in [2.45, 2.75) is 25.4 Å². The molecular weight excluding hydrogens is 416 g/mol. The van der Waals surface area contributed by atoms with E-state index in [9.17, 15) is 19.5 Å². The zero-order chi connectivity index (χ0) is 22.3. The van der Waals surface area contributed by atoms with Crippen LogP contribution in [0.1, 0.15) is 18.4 Å². The number of hydrogen-bond donors (Lipinski definition) is 2. The number of aromatic nitrogens is 2. The van der Waals surface area contributed by atoms with Crippen molar-refractivity contribution in [3.05, 3.63) is 46.5 Å². The molecule has 5 rings (SSSR count). The van der Waals surface area contributed by atoms with E-state index in [1.54, 1.807) is 4.90 Å². The Morgan fingerprint density at radius 3 is 2.69 bits per heavy atom. The second-order valence-corrected chi connectivity index (χ2v) is 8.73. The van der Waals surface area contributed by atoms with E-state index in [1.165, 1.54) is 0 Å². The van der Waals surface area contributed by atoms with Gasteiger partial charge in [-0.3, -0.25) is 14.4 Å². The Bertz CT molecular complexity index is 1110. The second kappa shape index (κ2) is 7.85. The predicted octanol–water partition coefficient (Wildman–Crippen LogP) is 0.309. The van der Waals surface area contributed by atoms with Crippen molar-refractivity contribution < 1.29 is 24.2 Å². The molecule has 0 bridgehead atoms. The zero-order valence-electron chi connectivity index (χ0n) is 17.5. The van der Waals surface area contributed by atoms with Crippen molar-refractivity contribution in [1.82, 2.24) is 19.8 Å². The molecule has 2 amide bonds. The van der Waals surface area contributed by atoms with Crippen molar-refractivity contribution in [3.63, 3.8) is 0 Å². The number of nitrogens with zero attached hydrogens (tertiary/aromatic N) is 3. The van der Waals surface area contributed by atoms with Crippen LogP contribution in [0.25, 0.3) is 0 Å². The first kappa shape index (κ1) is 20.3. The van der Waals surface area contributed by atoms with E-state index in [0.717, 1.165) is 12.7 Å². The number of benzene rings is 1. The number of para-hydroxylation sites is 2. The first-order valence-corrected chi connectivity index (χ1v) is 10.6. The molecule has 3 aliphatic heterocycles. The Morgan fingerprint density at radius 1 is 1.16 bits per heavy atom. The molecule has 32 heavy (non-hydrogen) atoms. The van der Waals surface area contributed by atoms with Crippen LogP contribution in [0.3, 0.4) is 0 Å². The summed E-state index contributed by atoms with van der Waals surface area (Å²) in [6.07, 6.45) is 1.65. The lowest BCUT2D eigenvalue weighted by Gasteiger charge is -2.48. The standard InChI is InChI=1S/C22H24N4O6/c27-18(7-14-9-31-16-3-1-2-4-17(16)32-14)25-6-5-22(10-25)11-26(12-22)19(28)8-15-20(29)23-13-24-21(15)30/h1-4,13-14H,5-12H2,(H2,23,24,29,30). The molecule has 0 aliphatic carbocycles. The lowest BCUT2D eigenvalue weighted by Crippen LogP contribution is -2.60. The topological polar surface area (TPSA) is 125 Å². The molecule has 0 saturated carbocycles. The van der Waals surface area contributed by atoms with Crippen molar-refractivity contribution in [3.8, 4) is 17.4 Å². The SMILES string of the molecule is O=C(CC1COc2ccccc2O1)N1CCC2(C1)CN(C(=O)Cc1c(O)nc[nH]c1=O)C2.